The van der Waals surface area contributed by atoms with E-state index >= 15 is 0 Å². The summed E-state index contributed by atoms with van der Waals surface area (Å²) in [5, 5.41) is 8.96. The molecule has 0 radical (unpaired) electrons. The molecule has 1 heteroatoms. The summed E-state index contributed by atoms with van der Waals surface area (Å²) in [6.45, 7) is 22.6. The van der Waals surface area contributed by atoms with E-state index in [9.17, 15) is 0 Å². The molecule has 0 saturated heterocycles. The molecule has 260 valence electrons. The van der Waals surface area contributed by atoms with Crippen molar-refractivity contribution in [1.82, 2.24) is 0 Å². The molecule has 0 rings (SSSR count). The first-order valence-corrected chi connectivity index (χ1v) is 18.4. The zero-order chi connectivity index (χ0) is 34.6. The minimum atomic E-state index is 0.150. The van der Waals surface area contributed by atoms with Crippen LogP contribution in [0.5, 0.6) is 0 Å². The van der Waals surface area contributed by atoms with Crippen molar-refractivity contribution in [3.05, 3.63) is 105 Å². The molecule has 0 aromatic heterocycles. The fourth-order valence-corrected chi connectivity index (χ4v) is 5.38. The maximum atomic E-state index is 8.96. The van der Waals surface area contributed by atoms with Crippen molar-refractivity contribution in [3.63, 3.8) is 0 Å². The Morgan fingerprint density at radius 1 is 0.283 bits per heavy atom. The van der Waals surface area contributed by atoms with Gasteiger partial charge in [-0.2, -0.15) is 0 Å². The standard InChI is InChI=1S/C45H74O/c1-37(2)19-11-20-38(3)21-12-22-39(4)23-13-24-40(5)25-14-26-41(6)27-15-28-42(7)29-16-30-43(8)31-17-32-44(9)33-18-34-45(10)35-36-46/h19,21,23,25,27,29,31,33,35,46H,11-18,20,22,24,26,28,30,32,34,36H2,1-10H3/b38-21+,39-23+,40-25-,41-27+,42-29+,43-31+,44-33-,45-35+. The zero-order valence-corrected chi connectivity index (χ0v) is 32.2. The van der Waals surface area contributed by atoms with Gasteiger partial charge in [-0.25, -0.2) is 0 Å². The lowest BCUT2D eigenvalue weighted by Crippen LogP contribution is -1.84. The molecule has 0 aliphatic heterocycles. The number of aliphatic hydroxyl groups is 1. The van der Waals surface area contributed by atoms with Crippen LogP contribution in [0.25, 0.3) is 0 Å². The van der Waals surface area contributed by atoms with Gasteiger partial charge in [0.1, 0.15) is 0 Å². The second kappa shape index (κ2) is 28.8. The zero-order valence-electron chi connectivity index (χ0n) is 32.2. The molecule has 0 fully saturated rings. The highest BCUT2D eigenvalue weighted by molar-refractivity contribution is 5.10. The van der Waals surface area contributed by atoms with Crippen LogP contribution in [-0.2, 0) is 0 Å². The topological polar surface area (TPSA) is 20.2 Å². The minimum Gasteiger partial charge on any atom is -0.392 e. The summed E-state index contributed by atoms with van der Waals surface area (Å²) in [5.41, 5.74) is 13.3. The fraction of sp³-hybridized carbons (Fsp3) is 0.600. The number of hydrogen-bond acceptors (Lipinski definition) is 1. The fourth-order valence-electron chi connectivity index (χ4n) is 5.38. The monoisotopic (exact) mass is 631 g/mol. The molecule has 0 amide bonds. The van der Waals surface area contributed by atoms with E-state index in [4.69, 9.17) is 5.11 Å². The summed E-state index contributed by atoms with van der Waals surface area (Å²) in [6.07, 6.45) is 39.7. The lowest BCUT2D eigenvalue weighted by molar-refractivity contribution is 0.341. The number of allylic oxidation sites excluding steroid dienone is 17. The Hall–Kier alpha value is -2.38. The smallest absolute Gasteiger partial charge is 0.0614 e. The van der Waals surface area contributed by atoms with Crippen LogP contribution in [0.1, 0.15) is 172 Å². The van der Waals surface area contributed by atoms with E-state index in [2.05, 4.69) is 118 Å². The van der Waals surface area contributed by atoms with Crippen LogP contribution >= 0.6 is 0 Å². The molecule has 0 aliphatic rings. The molecule has 0 atom stereocenters. The first kappa shape index (κ1) is 43.6. The van der Waals surface area contributed by atoms with Crippen molar-refractivity contribution in [1.29, 1.82) is 0 Å². The highest BCUT2D eigenvalue weighted by Gasteiger charge is 1.97. The SMILES string of the molecule is CC(C)=CCC/C(C)=C/CC/C(C)=C/CC/C(C)=C\CC/C(C)=C/CC/C(C)=C/CC/C(C)=C/CC/C(C)=C\CC/C(C)=C/CO. The third-order valence-corrected chi connectivity index (χ3v) is 8.75. The quantitative estimate of drug-likeness (QED) is 0.0995. The van der Waals surface area contributed by atoms with Crippen LogP contribution in [-0.4, -0.2) is 11.7 Å². The van der Waals surface area contributed by atoms with Gasteiger partial charge in [0.25, 0.3) is 0 Å². The second-order valence-corrected chi connectivity index (χ2v) is 14.2. The van der Waals surface area contributed by atoms with Crippen LogP contribution < -0.4 is 0 Å². The number of hydrogen-bond donors (Lipinski definition) is 1. The molecule has 0 spiro atoms. The summed E-state index contributed by atoms with van der Waals surface area (Å²) in [7, 11) is 0. The third-order valence-electron chi connectivity index (χ3n) is 8.75. The van der Waals surface area contributed by atoms with Crippen LogP contribution in [0.3, 0.4) is 0 Å². The molecule has 0 bridgehead atoms. The van der Waals surface area contributed by atoms with Crippen LogP contribution in [0.15, 0.2) is 105 Å². The summed E-state index contributed by atoms with van der Waals surface area (Å²) in [4.78, 5) is 0. The summed E-state index contributed by atoms with van der Waals surface area (Å²) in [5.74, 6) is 0. The van der Waals surface area contributed by atoms with Gasteiger partial charge in [0.05, 0.1) is 6.61 Å². The first-order chi connectivity index (χ1) is 21.9. The second-order valence-electron chi connectivity index (χ2n) is 14.2. The van der Waals surface area contributed by atoms with Crippen molar-refractivity contribution in [3.8, 4) is 0 Å². The Balaban J connectivity index is 4.21. The van der Waals surface area contributed by atoms with Crippen LogP contribution in [0.2, 0.25) is 0 Å². The Morgan fingerprint density at radius 2 is 0.457 bits per heavy atom. The lowest BCUT2D eigenvalue weighted by Gasteiger charge is -2.04. The van der Waals surface area contributed by atoms with Gasteiger partial charge in [0, 0.05) is 0 Å². The molecule has 0 aliphatic carbocycles. The van der Waals surface area contributed by atoms with E-state index in [0.717, 1.165) is 57.8 Å². The molecular weight excluding hydrogens is 556 g/mol. The maximum Gasteiger partial charge on any atom is 0.0614 e. The summed E-state index contributed by atoms with van der Waals surface area (Å²) in [6, 6.07) is 0. The van der Waals surface area contributed by atoms with E-state index in [1.807, 2.05) is 6.08 Å². The number of rotatable bonds is 25. The first-order valence-electron chi connectivity index (χ1n) is 18.4. The molecule has 0 aromatic rings. The Bertz CT molecular complexity index is 1100. The van der Waals surface area contributed by atoms with E-state index < -0.39 is 0 Å². The van der Waals surface area contributed by atoms with Gasteiger partial charge in [-0.3, -0.25) is 0 Å². The molecule has 1 nitrogen and oxygen atoms in total. The molecule has 0 unspecified atom stereocenters. The average molecular weight is 631 g/mol. The molecule has 0 saturated carbocycles. The molecule has 46 heavy (non-hydrogen) atoms. The van der Waals surface area contributed by atoms with E-state index in [1.165, 1.54) is 95.1 Å². The van der Waals surface area contributed by atoms with Crippen LogP contribution in [0.4, 0.5) is 0 Å². The Kier molecular flexibility index (Phi) is 27.3. The van der Waals surface area contributed by atoms with E-state index in [-0.39, 0.29) is 6.61 Å². The van der Waals surface area contributed by atoms with Crippen molar-refractivity contribution in [2.75, 3.05) is 6.61 Å². The summed E-state index contributed by atoms with van der Waals surface area (Å²) >= 11 is 0. The number of aliphatic hydroxyl groups excluding tert-OH is 1. The van der Waals surface area contributed by atoms with Crippen molar-refractivity contribution >= 4 is 0 Å². The Labute approximate surface area is 287 Å². The summed E-state index contributed by atoms with van der Waals surface area (Å²) < 4.78 is 0. The normalized spacial score (nSPS) is 14.8. The van der Waals surface area contributed by atoms with E-state index in [0.29, 0.717) is 0 Å². The molecule has 1 N–H and O–H groups in total. The van der Waals surface area contributed by atoms with E-state index in [1.54, 1.807) is 0 Å². The lowest BCUT2D eigenvalue weighted by atomic mass is 10.0. The van der Waals surface area contributed by atoms with Crippen molar-refractivity contribution < 1.29 is 5.11 Å². The molecule has 0 aromatic carbocycles. The van der Waals surface area contributed by atoms with Gasteiger partial charge in [-0.15, -0.1) is 0 Å². The average Bonchev–Trinajstić information content (AvgIpc) is 2.97. The highest BCUT2D eigenvalue weighted by Crippen LogP contribution is 2.17. The molecular formula is C45H74O. The van der Waals surface area contributed by atoms with Gasteiger partial charge in [-0.05, 0) is 172 Å². The van der Waals surface area contributed by atoms with Gasteiger partial charge in [-0.1, -0.05) is 105 Å². The minimum absolute atomic E-state index is 0.150. The van der Waals surface area contributed by atoms with Crippen molar-refractivity contribution in [2.45, 2.75) is 172 Å². The third kappa shape index (κ3) is 29.1. The largest absolute Gasteiger partial charge is 0.392 e. The maximum absolute atomic E-state index is 8.96. The predicted molar refractivity (Wildman–Crippen MR) is 210 cm³/mol. The van der Waals surface area contributed by atoms with Gasteiger partial charge >= 0.3 is 0 Å². The van der Waals surface area contributed by atoms with Gasteiger partial charge in [0.2, 0.25) is 0 Å². The predicted octanol–water partition coefficient (Wildman–Crippen LogP) is 14.8. The van der Waals surface area contributed by atoms with Gasteiger partial charge < -0.3 is 5.11 Å². The van der Waals surface area contributed by atoms with Gasteiger partial charge in [0.15, 0.2) is 0 Å². The van der Waals surface area contributed by atoms with Crippen LogP contribution in [0, 0.1) is 0 Å². The Morgan fingerprint density at radius 3 is 0.630 bits per heavy atom. The van der Waals surface area contributed by atoms with Crippen molar-refractivity contribution in [2.24, 2.45) is 0 Å². The molecule has 0 heterocycles. The highest BCUT2D eigenvalue weighted by atomic mass is 16.2.